The van der Waals surface area contributed by atoms with E-state index in [1.54, 1.807) is 10.9 Å². The van der Waals surface area contributed by atoms with Crippen LogP contribution in [0.4, 0.5) is 0 Å². The second kappa shape index (κ2) is 4.77. The third-order valence-electron chi connectivity index (χ3n) is 1.72. The van der Waals surface area contributed by atoms with E-state index in [9.17, 15) is 4.79 Å². The molecule has 0 N–H and O–H groups in total. The summed E-state index contributed by atoms with van der Waals surface area (Å²) in [7, 11) is 1.52. The quantitative estimate of drug-likeness (QED) is 0.672. The Morgan fingerprint density at radius 3 is 3.00 bits per heavy atom. The van der Waals surface area contributed by atoms with Crippen LogP contribution in [0.3, 0.4) is 0 Å². The Kier molecular flexibility index (Phi) is 3.64. The summed E-state index contributed by atoms with van der Waals surface area (Å²) < 4.78 is 6.53. The van der Waals surface area contributed by atoms with Crippen molar-refractivity contribution in [3.63, 3.8) is 0 Å². The summed E-state index contributed by atoms with van der Waals surface area (Å²) in [5, 5.41) is 4.07. The van der Waals surface area contributed by atoms with E-state index >= 15 is 0 Å². The average molecular weight is 182 g/mol. The number of hydrogen-bond acceptors (Lipinski definition) is 3. The Balaban J connectivity index is 2.49. The van der Waals surface area contributed by atoms with Crippen LogP contribution < -0.4 is 0 Å². The minimum absolute atomic E-state index is 0.0816. The standard InChI is InChI=1S/C9H14N2O2/c1-3-11-6-8(5-10-11)4-9(12)7-13-2/h5-6H,3-4,7H2,1-2H3. The molecule has 0 aromatic carbocycles. The molecule has 0 saturated carbocycles. The molecule has 0 fully saturated rings. The minimum Gasteiger partial charge on any atom is -0.377 e. The molecule has 0 radical (unpaired) electrons. The molecule has 1 aromatic heterocycles. The fourth-order valence-electron chi connectivity index (χ4n) is 1.11. The van der Waals surface area contributed by atoms with E-state index in [0.717, 1.165) is 12.1 Å². The molecule has 0 atom stereocenters. The predicted octanol–water partition coefficient (Wildman–Crippen LogP) is 0.661. The van der Waals surface area contributed by atoms with Gasteiger partial charge in [-0.1, -0.05) is 0 Å². The number of rotatable bonds is 5. The van der Waals surface area contributed by atoms with Gasteiger partial charge in [0, 0.05) is 26.3 Å². The molecular formula is C9H14N2O2. The van der Waals surface area contributed by atoms with Gasteiger partial charge >= 0.3 is 0 Å². The first kappa shape index (κ1) is 9.92. The van der Waals surface area contributed by atoms with Gasteiger partial charge in [-0.3, -0.25) is 9.48 Å². The number of ether oxygens (including phenoxy) is 1. The van der Waals surface area contributed by atoms with E-state index in [0.29, 0.717) is 6.42 Å². The second-order valence-electron chi connectivity index (χ2n) is 2.85. The van der Waals surface area contributed by atoms with Gasteiger partial charge in [-0.2, -0.15) is 5.10 Å². The Morgan fingerprint density at radius 2 is 2.46 bits per heavy atom. The number of carbonyl (C=O) groups excluding carboxylic acids is 1. The summed E-state index contributed by atoms with van der Waals surface area (Å²) in [4.78, 5) is 11.1. The van der Waals surface area contributed by atoms with Gasteiger partial charge in [0.2, 0.25) is 0 Å². The Bertz CT molecular complexity index is 281. The van der Waals surface area contributed by atoms with Crippen molar-refractivity contribution in [2.75, 3.05) is 13.7 Å². The highest BCUT2D eigenvalue weighted by Gasteiger charge is 2.04. The molecule has 0 aliphatic rings. The smallest absolute Gasteiger partial charge is 0.162 e. The number of carbonyl (C=O) groups is 1. The zero-order valence-electron chi connectivity index (χ0n) is 7.99. The SMILES string of the molecule is CCn1cc(CC(=O)COC)cn1. The second-order valence-corrected chi connectivity index (χ2v) is 2.85. The summed E-state index contributed by atoms with van der Waals surface area (Å²) in [6, 6.07) is 0. The molecule has 0 saturated heterocycles. The topological polar surface area (TPSA) is 44.1 Å². The van der Waals surface area contributed by atoms with Gasteiger partial charge in [0.15, 0.2) is 5.78 Å². The normalized spacial score (nSPS) is 10.3. The van der Waals surface area contributed by atoms with Crippen LogP contribution in [0.5, 0.6) is 0 Å². The molecule has 0 aliphatic carbocycles. The van der Waals surface area contributed by atoms with Crippen LogP contribution in [-0.4, -0.2) is 29.3 Å². The van der Waals surface area contributed by atoms with Crippen LogP contribution in [-0.2, 0) is 22.5 Å². The van der Waals surface area contributed by atoms with Crippen molar-refractivity contribution in [3.8, 4) is 0 Å². The molecule has 0 bridgehead atoms. The number of aryl methyl sites for hydroxylation is 1. The Labute approximate surface area is 77.5 Å². The van der Waals surface area contributed by atoms with Crippen molar-refractivity contribution in [2.45, 2.75) is 19.9 Å². The molecule has 72 valence electrons. The summed E-state index contributed by atoms with van der Waals surface area (Å²) in [5.41, 5.74) is 0.948. The third kappa shape index (κ3) is 2.99. The lowest BCUT2D eigenvalue weighted by Gasteiger charge is -1.95. The highest BCUT2D eigenvalue weighted by molar-refractivity contribution is 5.81. The number of methoxy groups -OCH3 is 1. The fourth-order valence-corrected chi connectivity index (χ4v) is 1.11. The zero-order chi connectivity index (χ0) is 9.68. The van der Waals surface area contributed by atoms with E-state index in [1.807, 2.05) is 13.1 Å². The molecule has 0 amide bonds. The molecule has 1 heterocycles. The van der Waals surface area contributed by atoms with Gasteiger partial charge in [0.25, 0.3) is 0 Å². The lowest BCUT2D eigenvalue weighted by molar-refractivity contribution is -0.121. The van der Waals surface area contributed by atoms with Gasteiger partial charge in [0.1, 0.15) is 6.61 Å². The van der Waals surface area contributed by atoms with Gasteiger partial charge in [-0.05, 0) is 12.5 Å². The van der Waals surface area contributed by atoms with E-state index in [4.69, 9.17) is 4.74 Å². The number of ketones is 1. The van der Waals surface area contributed by atoms with Gasteiger partial charge < -0.3 is 4.74 Å². The van der Waals surface area contributed by atoms with E-state index in [1.165, 1.54) is 7.11 Å². The molecule has 1 aromatic rings. The maximum atomic E-state index is 11.1. The van der Waals surface area contributed by atoms with Gasteiger partial charge in [-0.15, -0.1) is 0 Å². The Hall–Kier alpha value is -1.16. The number of nitrogens with zero attached hydrogens (tertiary/aromatic N) is 2. The van der Waals surface area contributed by atoms with Gasteiger partial charge in [0.05, 0.1) is 6.20 Å². The largest absolute Gasteiger partial charge is 0.377 e. The van der Waals surface area contributed by atoms with Crippen LogP contribution >= 0.6 is 0 Å². The molecule has 0 unspecified atom stereocenters. The van der Waals surface area contributed by atoms with Crippen LogP contribution in [0.1, 0.15) is 12.5 Å². The third-order valence-corrected chi connectivity index (χ3v) is 1.72. The first-order valence-corrected chi connectivity index (χ1v) is 4.28. The number of hydrogen-bond donors (Lipinski definition) is 0. The van der Waals surface area contributed by atoms with E-state index in [2.05, 4.69) is 5.10 Å². The molecule has 13 heavy (non-hydrogen) atoms. The van der Waals surface area contributed by atoms with Crippen molar-refractivity contribution in [1.82, 2.24) is 9.78 Å². The maximum absolute atomic E-state index is 11.1. The van der Waals surface area contributed by atoms with Crippen molar-refractivity contribution in [2.24, 2.45) is 0 Å². The summed E-state index contributed by atoms with van der Waals surface area (Å²) >= 11 is 0. The first-order chi connectivity index (χ1) is 6.26. The lowest BCUT2D eigenvalue weighted by Crippen LogP contribution is -2.09. The number of aromatic nitrogens is 2. The molecular weight excluding hydrogens is 168 g/mol. The first-order valence-electron chi connectivity index (χ1n) is 4.28. The van der Waals surface area contributed by atoms with E-state index in [-0.39, 0.29) is 12.4 Å². The summed E-state index contributed by atoms with van der Waals surface area (Å²) in [6.07, 6.45) is 4.01. The highest BCUT2D eigenvalue weighted by atomic mass is 16.5. The van der Waals surface area contributed by atoms with Crippen molar-refractivity contribution in [1.29, 1.82) is 0 Å². The number of Topliss-reactive ketones (excluding diaryl/α,β-unsaturated/α-hetero) is 1. The monoisotopic (exact) mass is 182 g/mol. The molecule has 0 aliphatic heterocycles. The maximum Gasteiger partial charge on any atom is 0.162 e. The summed E-state index contributed by atoms with van der Waals surface area (Å²) in [6.45, 7) is 3.02. The van der Waals surface area contributed by atoms with Crippen LogP contribution in [0, 0.1) is 0 Å². The average Bonchev–Trinajstić information content (AvgIpc) is 2.52. The van der Waals surface area contributed by atoms with Crippen molar-refractivity contribution >= 4 is 5.78 Å². The van der Waals surface area contributed by atoms with Crippen LogP contribution in [0.2, 0.25) is 0 Å². The van der Waals surface area contributed by atoms with Crippen LogP contribution in [0.25, 0.3) is 0 Å². The highest BCUT2D eigenvalue weighted by Crippen LogP contribution is 1.99. The van der Waals surface area contributed by atoms with E-state index < -0.39 is 0 Å². The zero-order valence-corrected chi connectivity index (χ0v) is 7.99. The molecule has 0 spiro atoms. The molecule has 4 heteroatoms. The predicted molar refractivity (Wildman–Crippen MR) is 48.5 cm³/mol. The molecule has 1 rings (SSSR count). The molecule has 4 nitrogen and oxygen atoms in total. The van der Waals surface area contributed by atoms with Gasteiger partial charge in [-0.25, -0.2) is 0 Å². The fraction of sp³-hybridized carbons (Fsp3) is 0.556. The van der Waals surface area contributed by atoms with Crippen molar-refractivity contribution in [3.05, 3.63) is 18.0 Å². The summed E-state index contributed by atoms with van der Waals surface area (Å²) in [5.74, 6) is 0.0816. The minimum atomic E-state index is 0.0816. The Morgan fingerprint density at radius 1 is 1.69 bits per heavy atom. The van der Waals surface area contributed by atoms with Crippen molar-refractivity contribution < 1.29 is 9.53 Å². The van der Waals surface area contributed by atoms with Crippen LogP contribution in [0.15, 0.2) is 12.4 Å². The lowest BCUT2D eigenvalue weighted by atomic mass is 10.2.